The Morgan fingerprint density at radius 1 is 1.13 bits per heavy atom. The van der Waals surface area contributed by atoms with Crippen LogP contribution in [0.25, 0.3) is 0 Å². The van der Waals surface area contributed by atoms with Gasteiger partial charge in [0, 0.05) is 45.0 Å². The second-order valence-electron chi connectivity index (χ2n) is 8.16. The van der Waals surface area contributed by atoms with E-state index in [0.29, 0.717) is 12.6 Å². The van der Waals surface area contributed by atoms with Gasteiger partial charge in [0.2, 0.25) is 0 Å². The van der Waals surface area contributed by atoms with E-state index in [9.17, 15) is 0 Å². The number of benzene rings is 1. The Hall–Kier alpha value is -2.96. The van der Waals surface area contributed by atoms with Crippen molar-refractivity contribution in [3.05, 3.63) is 48.2 Å². The fourth-order valence-corrected chi connectivity index (χ4v) is 4.32. The smallest absolute Gasteiger partial charge is 0.191 e. The molecule has 1 aromatic heterocycles. The largest absolute Gasteiger partial charge is 0.495 e. The average molecular weight is 423 g/mol. The van der Waals surface area contributed by atoms with Gasteiger partial charge < -0.3 is 25.2 Å². The van der Waals surface area contributed by atoms with Crippen LogP contribution in [0.5, 0.6) is 5.75 Å². The number of nitrogens with zero attached hydrogens (tertiary/aromatic N) is 4. The van der Waals surface area contributed by atoms with Gasteiger partial charge in [-0.2, -0.15) is 0 Å². The van der Waals surface area contributed by atoms with Crippen LogP contribution in [-0.2, 0) is 6.54 Å². The van der Waals surface area contributed by atoms with Crippen molar-refractivity contribution < 1.29 is 4.74 Å². The third-order valence-corrected chi connectivity index (χ3v) is 5.96. The third-order valence-electron chi connectivity index (χ3n) is 5.96. The number of para-hydroxylation sites is 2. The van der Waals surface area contributed by atoms with Crippen molar-refractivity contribution in [2.24, 2.45) is 4.99 Å². The summed E-state index contributed by atoms with van der Waals surface area (Å²) in [7, 11) is 1.73. The van der Waals surface area contributed by atoms with Gasteiger partial charge in [0.1, 0.15) is 11.6 Å². The lowest BCUT2D eigenvalue weighted by Crippen LogP contribution is -2.44. The zero-order chi connectivity index (χ0) is 21.5. The Morgan fingerprint density at radius 2 is 1.97 bits per heavy atom. The Bertz CT molecular complexity index is 863. The first kappa shape index (κ1) is 21.3. The summed E-state index contributed by atoms with van der Waals surface area (Å²) in [6.07, 6.45) is 5.55. The number of nitrogens with one attached hydrogen (secondary N) is 2. The van der Waals surface area contributed by atoms with E-state index in [1.54, 1.807) is 7.11 Å². The number of guanidine groups is 1. The van der Waals surface area contributed by atoms with Gasteiger partial charge in [0.05, 0.1) is 19.3 Å². The van der Waals surface area contributed by atoms with Gasteiger partial charge in [-0.1, -0.05) is 18.2 Å². The van der Waals surface area contributed by atoms with Crippen LogP contribution in [0, 0.1) is 0 Å². The molecule has 166 valence electrons. The third kappa shape index (κ3) is 5.40. The summed E-state index contributed by atoms with van der Waals surface area (Å²) < 4.78 is 5.53. The second kappa shape index (κ2) is 10.4. The molecule has 0 bridgehead atoms. The van der Waals surface area contributed by atoms with Crippen LogP contribution in [0.4, 0.5) is 11.5 Å². The lowest BCUT2D eigenvalue weighted by molar-refractivity contribution is 0.415. The second-order valence-corrected chi connectivity index (χ2v) is 8.16. The van der Waals surface area contributed by atoms with E-state index in [2.05, 4.69) is 56.6 Å². The highest BCUT2D eigenvalue weighted by atomic mass is 16.5. The fraction of sp³-hybridized carbons (Fsp3) is 0.500. The standard InChI is InChI=1S/C24H34N6O/c1-3-25-24(27-17-19-10-11-23(26-16-19)29-13-6-7-14-29)28-20-12-15-30(18-20)21-8-4-5-9-22(21)31-2/h4-5,8-11,16,20H,3,6-7,12-15,17-18H2,1-2H3,(H2,25,27,28). The van der Waals surface area contributed by atoms with Gasteiger partial charge >= 0.3 is 0 Å². The molecule has 2 aliphatic rings. The molecule has 0 spiro atoms. The molecule has 2 saturated heterocycles. The molecule has 1 unspecified atom stereocenters. The van der Waals surface area contributed by atoms with E-state index in [4.69, 9.17) is 9.73 Å². The van der Waals surface area contributed by atoms with Crippen LogP contribution in [-0.4, -0.2) is 56.8 Å². The Kier molecular flexibility index (Phi) is 7.12. The first-order valence-electron chi connectivity index (χ1n) is 11.4. The Balaban J connectivity index is 1.35. The molecule has 0 amide bonds. The number of methoxy groups -OCH3 is 1. The van der Waals surface area contributed by atoms with E-state index in [1.807, 2.05) is 18.3 Å². The van der Waals surface area contributed by atoms with Crippen molar-refractivity contribution in [1.29, 1.82) is 0 Å². The Labute approximate surface area is 185 Å². The van der Waals surface area contributed by atoms with Crippen LogP contribution in [0.3, 0.4) is 0 Å². The minimum atomic E-state index is 0.346. The van der Waals surface area contributed by atoms with Crippen LogP contribution in [0.2, 0.25) is 0 Å². The summed E-state index contributed by atoms with van der Waals surface area (Å²) >= 11 is 0. The quantitative estimate of drug-likeness (QED) is 0.528. The highest BCUT2D eigenvalue weighted by Gasteiger charge is 2.25. The number of anilines is 2. The van der Waals surface area contributed by atoms with E-state index < -0.39 is 0 Å². The van der Waals surface area contributed by atoms with Crippen molar-refractivity contribution in [3.63, 3.8) is 0 Å². The molecule has 2 N–H and O–H groups in total. The van der Waals surface area contributed by atoms with Crippen molar-refractivity contribution in [2.45, 2.75) is 38.8 Å². The molecule has 31 heavy (non-hydrogen) atoms. The van der Waals surface area contributed by atoms with E-state index >= 15 is 0 Å². The van der Waals surface area contributed by atoms with Crippen LogP contribution >= 0.6 is 0 Å². The zero-order valence-corrected chi connectivity index (χ0v) is 18.7. The molecule has 2 aliphatic heterocycles. The summed E-state index contributed by atoms with van der Waals surface area (Å²) in [6, 6.07) is 12.8. The predicted octanol–water partition coefficient (Wildman–Crippen LogP) is 3.02. The highest BCUT2D eigenvalue weighted by Crippen LogP contribution is 2.30. The summed E-state index contributed by atoms with van der Waals surface area (Å²) in [5.74, 6) is 2.87. The predicted molar refractivity (Wildman–Crippen MR) is 127 cm³/mol. The fourth-order valence-electron chi connectivity index (χ4n) is 4.32. The first-order chi connectivity index (χ1) is 15.3. The van der Waals surface area contributed by atoms with E-state index in [0.717, 1.165) is 67.9 Å². The molecule has 4 rings (SSSR count). The number of hydrogen-bond acceptors (Lipinski definition) is 5. The maximum absolute atomic E-state index is 5.53. The number of hydrogen-bond donors (Lipinski definition) is 2. The monoisotopic (exact) mass is 422 g/mol. The lowest BCUT2D eigenvalue weighted by Gasteiger charge is -2.22. The number of ether oxygens (including phenoxy) is 1. The minimum Gasteiger partial charge on any atom is -0.495 e. The molecule has 7 heteroatoms. The van der Waals surface area contributed by atoms with E-state index in [1.165, 1.54) is 12.8 Å². The molecule has 0 radical (unpaired) electrons. The first-order valence-corrected chi connectivity index (χ1v) is 11.4. The number of pyridine rings is 1. The van der Waals surface area contributed by atoms with Gasteiger partial charge in [-0.25, -0.2) is 9.98 Å². The molecule has 1 aromatic carbocycles. The van der Waals surface area contributed by atoms with Gasteiger partial charge in [-0.15, -0.1) is 0 Å². The van der Waals surface area contributed by atoms with Gasteiger partial charge in [-0.3, -0.25) is 0 Å². The van der Waals surface area contributed by atoms with Crippen molar-refractivity contribution in [3.8, 4) is 5.75 Å². The Morgan fingerprint density at radius 3 is 2.71 bits per heavy atom. The summed E-state index contributed by atoms with van der Waals surface area (Å²) in [6.45, 7) is 7.71. The minimum absolute atomic E-state index is 0.346. The molecule has 7 nitrogen and oxygen atoms in total. The van der Waals surface area contributed by atoms with E-state index in [-0.39, 0.29) is 0 Å². The molecular weight excluding hydrogens is 388 g/mol. The summed E-state index contributed by atoms with van der Waals surface area (Å²) in [5, 5.41) is 6.99. The van der Waals surface area contributed by atoms with Gasteiger partial charge in [-0.05, 0) is 49.9 Å². The molecular formula is C24H34N6O. The number of aromatic nitrogens is 1. The molecule has 0 aliphatic carbocycles. The van der Waals surface area contributed by atoms with Crippen LogP contribution < -0.4 is 25.2 Å². The SMILES string of the molecule is CCNC(=NCc1ccc(N2CCCC2)nc1)NC1CCN(c2ccccc2OC)C1. The van der Waals surface area contributed by atoms with Crippen LogP contribution in [0.15, 0.2) is 47.6 Å². The topological polar surface area (TPSA) is 65.0 Å². The van der Waals surface area contributed by atoms with Crippen molar-refractivity contribution in [2.75, 3.05) is 49.6 Å². The van der Waals surface area contributed by atoms with Gasteiger partial charge in [0.15, 0.2) is 5.96 Å². The summed E-state index contributed by atoms with van der Waals surface area (Å²) in [5.41, 5.74) is 2.28. The molecule has 2 aromatic rings. The van der Waals surface area contributed by atoms with Crippen molar-refractivity contribution in [1.82, 2.24) is 15.6 Å². The molecule has 1 atom stereocenters. The number of rotatable bonds is 7. The van der Waals surface area contributed by atoms with Gasteiger partial charge in [0.25, 0.3) is 0 Å². The lowest BCUT2D eigenvalue weighted by atomic mass is 10.2. The highest BCUT2D eigenvalue weighted by molar-refractivity contribution is 5.80. The normalized spacial score (nSPS) is 19.0. The molecule has 0 saturated carbocycles. The maximum Gasteiger partial charge on any atom is 0.191 e. The maximum atomic E-state index is 5.53. The summed E-state index contributed by atoms with van der Waals surface area (Å²) in [4.78, 5) is 14.2. The number of aliphatic imine (C=N–C) groups is 1. The molecule has 2 fully saturated rings. The average Bonchev–Trinajstić information content (AvgIpc) is 3.50. The van der Waals surface area contributed by atoms with Crippen LogP contribution in [0.1, 0.15) is 31.7 Å². The van der Waals surface area contributed by atoms with Crippen molar-refractivity contribution >= 4 is 17.5 Å². The molecule has 3 heterocycles. The zero-order valence-electron chi connectivity index (χ0n) is 18.7.